The normalized spacial score (nSPS) is 12.3. The van der Waals surface area contributed by atoms with Crippen molar-refractivity contribution in [2.75, 3.05) is 31.0 Å². The number of aliphatic hydroxyl groups excluding tert-OH is 1. The number of aryl methyl sites for hydroxylation is 1. The molecule has 0 aromatic carbocycles. The molecule has 0 aliphatic carbocycles. The number of hydrogen-bond donors (Lipinski definition) is 4. The SMILES string of the molecule is CCc1nc(NN)c(C)c(NCC(O)COC)n1. The minimum atomic E-state index is -0.580. The molecule has 0 bridgehead atoms. The van der Waals surface area contributed by atoms with Gasteiger partial charge in [-0.3, -0.25) is 0 Å². The lowest BCUT2D eigenvalue weighted by molar-refractivity contribution is 0.0727. The highest BCUT2D eigenvalue weighted by Crippen LogP contribution is 2.19. The molecular weight excluding hydrogens is 234 g/mol. The van der Waals surface area contributed by atoms with Gasteiger partial charge in [-0.15, -0.1) is 0 Å². The van der Waals surface area contributed by atoms with Gasteiger partial charge in [-0.25, -0.2) is 15.8 Å². The summed E-state index contributed by atoms with van der Waals surface area (Å²) >= 11 is 0. The Morgan fingerprint density at radius 2 is 2.06 bits per heavy atom. The lowest BCUT2D eigenvalue weighted by atomic mass is 10.2. The van der Waals surface area contributed by atoms with Gasteiger partial charge in [-0.05, 0) is 6.92 Å². The van der Waals surface area contributed by atoms with Crippen LogP contribution in [0.15, 0.2) is 0 Å². The van der Waals surface area contributed by atoms with Crippen molar-refractivity contribution in [3.63, 3.8) is 0 Å². The first-order valence-electron chi connectivity index (χ1n) is 5.87. The zero-order chi connectivity index (χ0) is 13.5. The second-order valence-electron chi connectivity index (χ2n) is 3.95. The number of anilines is 2. The molecule has 0 fully saturated rings. The molecule has 0 amide bonds. The Hall–Kier alpha value is -1.44. The number of methoxy groups -OCH3 is 1. The number of nitrogen functional groups attached to an aromatic ring is 1. The van der Waals surface area contributed by atoms with Crippen LogP contribution in [0.4, 0.5) is 11.6 Å². The van der Waals surface area contributed by atoms with Gasteiger partial charge in [0.15, 0.2) is 0 Å². The van der Waals surface area contributed by atoms with E-state index in [2.05, 4.69) is 20.7 Å². The van der Waals surface area contributed by atoms with E-state index in [-0.39, 0.29) is 6.61 Å². The molecular formula is C11H21N5O2. The first-order valence-corrected chi connectivity index (χ1v) is 5.87. The Labute approximate surface area is 107 Å². The van der Waals surface area contributed by atoms with Crippen LogP contribution in [0, 0.1) is 6.92 Å². The molecule has 0 aliphatic rings. The molecule has 102 valence electrons. The zero-order valence-electron chi connectivity index (χ0n) is 11.0. The zero-order valence-corrected chi connectivity index (χ0v) is 11.0. The number of hydrazine groups is 1. The van der Waals surface area contributed by atoms with Crippen LogP contribution in [0.25, 0.3) is 0 Å². The van der Waals surface area contributed by atoms with E-state index in [1.165, 1.54) is 0 Å². The molecule has 0 aliphatic heterocycles. The number of nitrogens with two attached hydrogens (primary N) is 1. The number of nitrogens with one attached hydrogen (secondary N) is 2. The van der Waals surface area contributed by atoms with E-state index >= 15 is 0 Å². The summed E-state index contributed by atoms with van der Waals surface area (Å²) in [4.78, 5) is 8.62. The standard InChI is InChI=1S/C11H21N5O2/c1-4-9-14-10(7(2)11(15-9)16-12)13-5-8(17)6-18-3/h8,17H,4-6,12H2,1-3H3,(H2,13,14,15,16). The van der Waals surface area contributed by atoms with Gasteiger partial charge < -0.3 is 20.6 Å². The average molecular weight is 255 g/mol. The number of ether oxygens (including phenoxy) is 1. The highest BCUT2D eigenvalue weighted by atomic mass is 16.5. The monoisotopic (exact) mass is 255 g/mol. The Balaban J connectivity index is 2.80. The van der Waals surface area contributed by atoms with Crippen molar-refractivity contribution in [1.29, 1.82) is 0 Å². The van der Waals surface area contributed by atoms with Crippen molar-refractivity contribution in [2.45, 2.75) is 26.4 Å². The van der Waals surface area contributed by atoms with Crippen molar-refractivity contribution in [3.05, 3.63) is 11.4 Å². The van der Waals surface area contributed by atoms with E-state index in [1.54, 1.807) is 7.11 Å². The van der Waals surface area contributed by atoms with E-state index in [0.29, 0.717) is 30.4 Å². The molecule has 0 spiro atoms. The topological polar surface area (TPSA) is 105 Å². The second-order valence-corrected chi connectivity index (χ2v) is 3.95. The summed E-state index contributed by atoms with van der Waals surface area (Å²) < 4.78 is 4.86. The van der Waals surface area contributed by atoms with Gasteiger partial charge in [0.2, 0.25) is 0 Å². The summed E-state index contributed by atoms with van der Waals surface area (Å²) in [6.45, 7) is 4.47. The maximum absolute atomic E-state index is 9.58. The van der Waals surface area contributed by atoms with Gasteiger partial charge in [0.25, 0.3) is 0 Å². The van der Waals surface area contributed by atoms with E-state index in [9.17, 15) is 5.11 Å². The molecule has 1 aromatic heterocycles. The second kappa shape index (κ2) is 7.10. The molecule has 1 atom stereocenters. The van der Waals surface area contributed by atoms with Crippen LogP contribution in [-0.2, 0) is 11.2 Å². The molecule has 0 saturated heterocycles. The summed E-state index contributed by atoms with van der Waals surface area (Å²) in [6, 6.07) is 0. The van der Waals surface area contributed by atoms with Gasteiger partial charge in [-0.1, -0.05) is 6.92 Å². The smallest absolute Gasteiger partial charge is 0.148 e. The summed E-state index contributed by atoms with van der Waals surface area (Å²) in [6.07, 6.45) is 0.133. The summed E-state index contributed by atoms with van der Waals surface area (Å²) in [5, 5.41) is 12.7. The largest absolute Gasteiger partial charge is 0.389 e. The maximum atomic E-state index is 9.58. The predicted molar refractivity (Wildman–Crippen MR) is 70.3 cm³/mol. The molecule has 1 unspecified atom stereocenters. The highest BCUT2D eigenvalue weighted by Gasteiger charge is 2.11. The number of aromatic nitrogens is 2. The summed E-state index contributed by atoms with van der Waals surface area (Å²) in [7, 11) is 1.55. The number of rotatable bonds is 7. The van der Waals surface area contributed by atoms with Gasteiger partial charge >= 0.3 is 0 Å². The molecule has 0 saturated carbocycles. The summed E-state index contributed by atoms with van der Waals surface area (Å²) in [5.74, 6) is 7.36. The Morgan fingerprint density at radius 3 is 2.61 bits per heavy atom. The lowest BCUT2D eigenvalue weighted by Gasteiger charge is -2.15. The first kappa shape index (κ1) is 14.6. The fraction of sp³-hybridized carbons (Fsp3) is 0.636. The van der Waals surface area contributed by atoms with E-state index < -0.39 is 6.10 Å². The lowest BCUT2D eigenvalue weighted by Crippen LogP contribution is -2.25. The van der Waals surface area contributed by atoms with Gasteiger partial charge in [0.05, 0.1) is 12.7 Å². The molecule has 7 nitrogen and oxygen atoms in total. The molecule has 7 heteroatoms. The number of nitrogens with zero attached hydrogens (tertiary/aromatic N) is 2. The quantitative estimate of drug-likeness (QED) is 0.403. The van der Waals surface area contributed by atoms with Crippen molar-refractivity contribution < 1.29 is 9.84 Å². The van der Waals surface area contributed by atoms with Crippen LogP contribution in [0.2, 0.25) is 0 Å². The van der Waals surface area contributed by atoms with Crippen LogP contribution >= 0.6 is 0 Å². The molecule has 18 heavy (non-hydrogen) atoms. The summed E-state index contributed by atoms with van der Waals surface area (Å²) in [5.41, 5.74) is 3.36. The fourth-order valence-electron chi connectivity index (χ4n) is 1.50. The molecule has 5 N–H and O–H groups in total. The van der Waals surface area contributed by atoms with Crippen LogP contribution in [0.5, 0.6) is 0 Å². The van der Waals surface area contributed by atoms with Crippen molar-refractivity contribution in [1.82, 2.24) is 9.97 Å². The van der Waals surface area contributed by atoms with Gasteiger partial charge in [0.1, 0.15) is 17.5 Å². The third kappa shape index (κ3) is 3.80. The Kier molecular flexibility index (Phi) is 5.76. The molecule has 0 radical (unpaired) electrons. The van der Waals surface area contributed by atoms with Gasteiger partial charge in [0, 0.05) is 25.6 Å². The Bertz CT molecular complexity index is 386. The molecule has 1 heterocycles. The fourth-order valence-corrected chi connectivity index (χ4v) is 1.50. The van der Waals surface area contributed by atoms with E-state index in [1.807, 2.05) is 13.8 Å². The maximum Gasteiger partial charge on any atom is 0.148 e. The highest BCUT2D eigenvalue weighted by molar-refractivity contribution is 5.56. The third-order valence-electron chi connectivity index (χ3n) is 2.51. The minimum Gasteiger partial charge on any atom is -0.389 e. The van der Waals surface area contributed by atoms with Crippen molar-refractivity contribution in [3.8, 4) is 0 Å². The van der Waals surface area contributed by atoms with Crippen LogP contribution in [-0.4, -0.2) is 41.4 Å². The predicted octanol–water partition coefficient (Wildman–Crippen LogP) is 0.0522. The van der Waals surface area contributed by atoms with Crippen LogP contribution < -0.4 is 16.6 Å². The first-order chi connectivity index (χ1) is 8.62. The van der Waals surface area contributed by atoms with E-state index in [4.69, 9.17) is 10.6 Å². The minimum absolute atomic E-state index is 0.278. The average Bonchev–Trinajstić information content (AvgIpc) is 2.38. The third-order valence-corrected chi connectivity index (χ3v) is 2.51. The Morgan fingerprint density at radius 1 is 1.39 bits per heavy atom. The number of aliphatic hydroxyl groups is 1. The van der Waals surface area contributed by atoms with Gasteiger partial charge in [-0.2, -0.15) is 0 Å². The van der Waals surface area contributed by atoms with E-state index in [0.717, 1.165) is 5.56 Å². The van der Waals surface area contributed by atoms with Crippen molar-refractivity contribution in [2.24, 2.45) is 5.84 Å². The van der Waals surface area contributed by atoms with Crippen molar-refractivity contribution >= 4 is 11.6 Å². The van der Waals surface area contributed by atoms with Crippen LogP contribution in [0.3, 0.4) is 0 Å². The number of hydrogen-bond acceptors (Lipinski definition) is 7. The molecule has 1 aromatic rings. The van der Waals surface area contributed by atoms with Crippen LogP contribution in [0.1, 0.15) is 18.3 Å². The molecule has 1 rings (SSSR count).